The summed E-state index contributed by atoms with van der Waals surface area (Å²) in [7, 11) is 0. The van der Waals surface area contributed by atoms with Crippen LogP contribution in [0.4, 0.5) is 5.82 Å². The normalized spacial score (nSPS) is 23.2. The molecule has 2 amide bonds. The summed E-state index contributed by atoms with van der Waals surface area (Å²) in [6, 6.07) is 7.73. The predicted molar refractivity (Wildman–Crippen MR) is 109 cm³/mol. The van der Waals surface area contributed by atoms with E-state index < -0.39 is 5.41 Å². The molecule has 1 aliphatic carbocycles. The Balaban J connectivity index is 1.44. The molecule has 1 aliphatic heterocycles. The van der Waals surface area contributed by atoms with Crippen LogP contribution >= 0.6 is 0 Å². The van der Waals surface area contributed by atoms with Gasteiger partial charge in [0.15, 0.2) is 0 Å². The Morgan fingerprint density at radius 1 is 1.17 bits per heavy atom. The molecular weight excluding hydrogens is 368 g/mol. The van der Waals surface area contributed by atoms with Crippen molar-refractivity contribution in [1.29, 1.82) is 0 Å². The molecule has 0 unspecified atom stereocenters. The first-order chi connectivity index (χ1) is 14.1. The maximum Gasteiger partial charge on any atom is 0.239 e. The number of nitrogens with two attached hydrogens (primary N) is 1. The van der Waals surface area contributed by atoms with E-state index in [1.807, 2.05) is 33.8 Å². The van der Waals surface area contributed by atoms with Crippen molar-refractivity contribution in [2.24, 2.45) is 5.73 Å². The largest absolute Gasteiger partial charge is 0.369 e. The van der Waals surface area contributed by atoms with Crippen LogP contribution in [0.15, 0.2) is 36.7 Å². The van der Waals surface area contributed by atoms with Gasteiger partial charge in [-0.05, 0) is 44.4 Å². The second-order valence-corrected chi connectivity index (χ2v) is 8.12. The Labute approximate surface area is 170 Å². The molecule has 29 heavy (non-hydrogen) atoms. The standard InChI is InChI=1S/C21H28N6O2/c22-20(29)21(17-8-3-4-11-23-17)10-5-13-26(15-21)14-19(28)25-18-9-12-24-27(18)16-6-1-2-7-16/h3-4,8-9,11-12,16H,1-2,5-7,10,13-15H2,(H2,22,29)(H,25,28)/t21-/m1/s1. The fourth-order valence-electron chi connectivity index (χ4n) is 4.70. The average Bonchev–Trinajstić information content (AvgIpc) is 3.40. The van der Waals surface area contributed by atoms with E-state index in [-0.39, 0.29) is 18.4 Å². The fourth-order valence-corrected chi connectivity index (χ4v) is 4.70. The van der Waals surface area contributed by atoms with Crippen LogP contribution in [0, 0.1) is 0 Å². The lowest BCUT2D eigenvalue weighted by atomic mass is 9.76. The van der Waals surface area contributed by atoms with Crippen molar-refractivity contribution >= 4 is 17.6 Å². The van der Waals surface area contributed by atoms with Crippen molar-refractivity contribution in [3.05, 3.63) is 42.4 Å². The summed E-state index contributed by atoms with van der Waals surface area (Å²) in [4.78, 5) is 31.5. The number of carbonyl (C=O) groups excluding carboxylic acids is 2. The van der Waals surface area contributed by atoms with Gasteiger partial charge in [-0.15, -0.1) is 0 Å². The first-order valence-electron chi connectivity index (χ1n) is 10.4. The topological polar surface area (TPSA) is 106 Å². The molecule has 8 heteroatoms. The van der Waals surface area contributed by atoms with E-state index in [2.05, 4.69) is 15.4 Å². The molecule has 2 aliphatic rings. The molecule has 3 N–H and O–H groups in total. The van der Waals surface area contributed by atoms with Gasteiger partial charge < -0.3 is 11.1 Å². The molecule has 1 saturated heterocycles. The maximum atomic E-state index is 12.7. The zero-order chi connectivity index (χ0) is 20.3. The van der Waals surface area contributed by atoms with Crippen LogP contribution in [0.3, 0.4) is 0 Å². The summed E-state index contributed by atoms with van der Waals surface area (Å²) in [5.41, 5.74) is 5.63. The number of nitrogens with zero attached hydrogens (tertiary/aromatic N) is 4. The molecule has 2 aromatic heterocycles. The molecule has 0 spiro atoms. The number of rotatable bonds is 6. The Morgan fingerprint density at radius 3 is 2.72 bits per heavy atom. The van der Waals surface area contributed by atoms with Crippen LogP contribution in [0.1, 0.15) is 50.3 Å². The number of hydrogen-bond acceptors (Lipinski definition) is 5. The lowest BCUT2D eigenvalue weighted by molar-refractivity contribution is -0.127. The minimum atomic E-state index is -0.856. The van der Waals surface area contributed by atoms with Crippen molar-refractivity contribution in [1.82, 2.24) is 19.7 Å². The van der Waals surface area contributed by atoms with Gasteiger partial charge in [-0.25, -0.2) is 4.68 Å². The van der Waals surface area contributed by atoms with Crippen LogP contribution < -0.4 is 11.1 Å². The van der Waals surface area contributed by atoms with E-state index in [9.17, 15) is 9.59 Å². The van der Waals surface area contributed by atoms with Crippen LogP contribution in [-0.2, 0) is 15.0 Å². The van der Waals surface area contributed by atoms with Crippen LogP contribution in [0.5, 0.6) is 0 Å². The van der Waals surface area contributed by atoms with Crippen molar-refractivity contribution in [3.63, 3.8) is 0 Å². The van der Waals surface area contributed by atoms with Crippen molar-refractivity contribution < 1.29 is 9.59 Å². The quantitative estimate of drug-likeness (QED) is 0.775. The highest BCUT2D eigenvalue weighted by Crippen LogP contribution is 2.33. The summed E-state index contributed by atoms with van der Waals surface area (Å²) in [5.74, 6) is 0.247. The van der Waals surface area contributed by atoms with E-state index in [1.165, 1.54) is 12.8 Å². The average molecular weight is 396 g/mol. The van der Waals surface area contributed by atoms with Gasteiger partial charge in [0.25, 0.3) is 0 Å². The summed E-state index contributed by atoms with van der Waals surface area (Å²) in [5, 5.41) is 7.40. The first-order valence-corrected chi connectivity index (χ1v) is 10.4. The SMILES string of the molecule is NC(=O)[C@]1(c2ccccn2)CCCN(CC(=O)Nc2ccnn2C2CCCC2)C1. The Kier molecular flexibility index (Phi) is 5.62. The monoisotopic (exact) mass is 396 g/mol. The number of nitrogens with one attached hydrogen (secondary N) is 1. The summed E-state index contributed by atoms with van der Waals surface area (Å²) < 4.78 is 1.93. The Hall–Kier alpha value is -2.74. The zero-order valence-electron chi connectivity index (χ0n) is 16.6. The van der Waals surface area contributed by atoms with E-state index in [4.69, 9.17) is 5.73 Å². The van der Waals surface area contributed by atoms with Gasteiger partial charge in [-0.2, -0.15) is 5.10 Å². The highest BCUT2D eigenvalue weighted by Gasteiger charge is 2.43. The summed E-state index contributed by atoms with van der Waals surface area (Å²) >= 11 is 0. The third kappa shape index (κ3) is 4.03. The molecule has 2 fully saturated rings. The maximum absolute atomic E-state index is 12.7. The smallest absolute Gasteiger partial charge is 0.239 e. The van der Waals surface area contributed by atoms with Gasteiger partial charge in [0.1, 0.15) is 11.2 Å². The lowest BCUT2D eigenvalue weighted by Gasteiger charge is -2.40. The van der Waals surface area contributed by atoms with Gasteiger partial charge in [0, 0.05) is 18.8 Å². The second-order valence-electron chi connectivity index (χ2n) is 8.12. The zero-order valence-corrected chi connectivity index (χ0v) is 16.6. The number of pyridine rings is 1. The van der Waals surface area contributed by atoms with Gasteiger partial charge in [-0.3, -0.25) is 19.5 Å². The van der Waals surface area contributed by atoms with Crippen molar-refractivity contribution in [2.45, 2.75) is 50.0 Å². The third-order valence-electron chi connectivity index (χ3n) is 6.17. The summed E-state index contributed by atoms with van der Waals surface area (Å²) in [6.45, 7) is 1.35. The predicted octanol–water partition coefficient (Wildman–Crippen LogP) is 1.85. The number of hydrogen-bond donors (Lipinski definition) is 2. The number of primary amides is 1. The fraction of sp³-hybridized carbons (Fsp3) is 0.524. The number of anilines is 1. The van der Waals surface area contributed by atoms with E-state index in [1.54, 1.807) is 12.4 Å². The third-order valence-corrected chi connectivity index (χ3v) is 6.17. The molecule has 8 nitrogen and oxygen atoms in total. The summed E-state index contributed by atoms with van der Waals surface area (Å²) in [6.07, 6.45) is 9.44. The van der Waals surface area contributed by atoms with Gasteiger partial charge in [-0.1, -0.05) is 18.9 Å². The molecular formula is C21H28N6O2. The van der Waals surface area contributed by atoms with Crippen molar-refractivity contribution in [2.75, 3.05) is 25.0 Å². The number of aromatic nitrogens is 3. The molecule has 3 heterocycles. The number of piperidine rings is 1. The minimum absolute atomic E-state index is 0.106. The Bertz CT molecular complexity index is 861. The molecule has 4 rings (SSSR count). The molecule has 0 bridgehead atoms. The number of amides is 2. The van der Waals surface area contributed by atoms with E-state index >= 15 is 0 Å². The second kappa shape index (κ2) is 8.32. The first kappa shape index (κ1) is 19.6. The van der Waals surface area contributed by atoms with E-state index in [0.717, 1.165) is 31.6 Å². The van der Waals surface area contributed by atoms with Crippen LogP contribution in [0.2, 0.25) is 0 Å². The molecule has 2 aromatic rings. The van der Waals surface area contributed by atoms with Crippen LogP contribution in [-0.4, -0.2) is 51.1 Å². The molecule has 1 saturated carbocycles. The molecule has 0 radical (unpaired) electrons. The van der Waals surface area contributed by atoms with Gasteiger partial charge in [0.2, 0.25) is 11.8 Å². The van der Waals surface area contributed by atoms with Gasteiger partial charge in [0.05, 0.1) is 24.5 Å². The lowest BCUT2D eigenvalue weighted by Crippen LogP contribution is -2.55. The highest BCUT2D eigenvalue weighted by atomic mass is 16.2. The van der Waals surface area contributed by atoms with E-state index in [0.29, 0.717) is 24.7 Å². The van der Waals surface area contributed by atoms with Crippen LogP contribution in [0.25, 0.3) is 0 Å². The van der Waals surface area contributed by atoms with Gasteiger partial charge >= 0.3 is 0 Å². The highest BCUT2D eigenvalue weighted by molar-refractivity contribution is 5.92. The molecule has 154 valence electrons. The molecule has 0 aromatic carbocycles. The number of likely N-dealkylation sites (tertiary alicyclic amines) is 1. The Morgan fingerprint density at radius 2 is 2.00 bits per heavy atom. The molecule has 1 atom stereocenters. The number of carbonyl (C=O) groups is 2. The van der Waals surface area contributed by atoms with Crippen molar-refractivity contribution in [3.8, 4) is 0 Å². The minimum Gasteiger partial charge on any atom is -0.369 e.